The molecule has 1 unspecified atom stereocenters. The molecule has 82 valence electrons. The van der Waals surface area contributed by atoms with Crippen molar-refractivity contribution in [1.82, 2.24) is 0 Å². The molecule has 1 nitrogen and oxygen atoms in total. The molecule has 15 heavy (non-hydrogen) atoms. The van der Waals surface area contributed by atoms with Gasteiger partial charge < -0.3 is 4.74 Å². The highest BCUT2D eigenvalue weighted by Gasteiger charge is 2.43. The van der Waals surface area contributed by atoms with Gasteiger partial charge in [-0.2, -0.15) is 13.2 Å². The molecular formula is C11H11F3O. The maximum atomic E-state index is 12.4. The summed E-state index contributed by atoms with van der Waals surface area (Å²) < 4.78 is 42.1. The second-order valence-electron chi connectivity index (χ2n) is 3.80. The Bertz CT molecular complexity index is 371. The molecule has 0 amide bonds. The van der Waals surface area contributed by atoms with Crippen LogP contribution in [-0.2, 0) is 6.42 Å². The summed E-state index contributed by atoms with van der Waals surface area (Å²) in [6.45, 7) is 1.91. The molecule has 1 aliphatic rings. The maximum Gasteiger partial charge on any atom is 0.425 e. The van der Waals surface area contributed by atoms with E-state index in [1.54, 1.807) is 12.1 Å². The van der Waals surface area contributed by atoms with Crippen LogP contribution in [0.4, 0.5) is 13.2 Å². The highest BCUT2D eigenvalue weighted by Crippen LogP contribution is 2.35. The molecule has 1 atom stereocenters. The van der Waals surface area contributed by atoms with Crippen LogP contribution in [0.2, 0.25) is 0 Å². The summed E-state index contributed by atoms with van der Waals surface area (Å²) in [5, 5.41) is 0. The van der Waals surface area contributed by atoms with E-state index in [1.165, 1.54) is 0 Å². The monoisotopic (exact) mass is 216 g/mol. The lowest BCUT2D eigenvalue weighted by Crippen LogP contribution is -2.37. The highest BCUT2D eigenvalue weighted by molar-refractivity contribution is 5.38. The van der Waals surface area contributed by atoms with Gasteiger partial charge in [0.25, 0.3) is 0 Å². The van der Waals surface area contributed by atoms with Gasteiger partial charge in [-0.1, -0.05) is 17.7 Å². The third-order valence-electron chi connectivity index (χ3n) is 2.53. The number of alkyl halides is 3. The Morgan fingerprint density at radius 2 is 2.07 bits per heavy atom. The molecule has 0 saturated heterocycles. The van der Waals surface area contributed by atoms with Gasteiger partial charge in [0, 0.05) is 0 Å². The second-order valence-corrected chi connectivity index (χ2v) is 3.80. The van der Waals surface area contributed by atoms with E-state index >= 15 is 0 Å². The smallest absolute Gasteiger partial charge is 0.425 e. The van der Waals surface area contributed by atoms with E-state index < -0.39 is 12.3 Å². The molecule has 0 aliphatic carbocycles. The van der Waals surface area contributed by atoms with Crippen molar-refractivity contribution in [1.29, 1.82) is 0 Å². The molecule has 0 N–H and O–H groups in total. The summed E-state index contributed by atoms with van der Waals surface area (Å²) in [6, 6.07) is 5.25. The lowest BCUT2D eigenvalue weighted by molar-refractivity contribution is -0.199. The first-order valence-corrected chi connectivity index (χ1v) is 4.80. The molecule has 0 radical (unpaired) electrons. The minimum atomic E-state index is -4.26. The zero-order chi connectivity index (χ0) is 11.1. The van der Waals surface area contributed by atoms with E-state index in [4.69, 9.17) is 4.74 Å². The molecule has 1 aromatic carbocycles. The zero-order valence-electron chi connectivity index (χ0n) is 8.27. The van der Waals surface area contributed by atoms with Crippen molar-refractivity contribution in [3.8, 4) is 5.75 Å². The van der Waals surface area contributed by atoms with Crippen LogP contribution in [0.5, 0.6) is 5.75 Å². The van der Waals surface area contributed by atoms with Gasteiger partial charge >= 0.3 is 6.18 Å². The summed E-state index contributed by atoms with van der Waals surface area (Å²) in [5.41, 5.74) is 1.92. The maximum absolute atomic E-state index is 12.4. The van der Waals surface area contributed by atoms with Gasteiger partial charge in [-0.3, -0.25) is 0 Å². The molecular weight excluding hydrogens is 205 g/mol. The van der Waals surface area contributed by atoms with Crippen molar-refractivity contribution in [2.75, 3.05) is 0 Å². The minimum Gasteiger partial charge on any atom is -0.481 e. The number of benzene rings is 1. The van der Waals surface area contributed by atoms with Gasteiger partial charge in [-0.25, -0.2) is 0 Å². The van der Waals surface area contributed by atoms with Crippen molar-refractivity contribution in [3.63, 3.8) is 0 Å². The molecule has 2 rings (SSSR count). The van der Waals surface area contributed by atoms with Crippen LogP contribution in [0.25, 0.3) is 0 Å². The number of hydrogen-bond donors (Lipinski definition) is 0. The zero-order valence-corrected chi connectivity index (χ0v) is 8.27. The van der Waals surface area contributed by atoms with Gasteiger partial charge in [-0.05, 0) is 31.4 Å². The van der Waals surface area contributed by atoms with Crippen molar-refractivity contribution in [2.45, 2.75) is 32.0 Å². The number of aryl methyl sites for hydroxylation is 2. The van der Waals surface area contributed by atoms with Crippen molar-refractivity contribution in [2.24, 2.45) is 0 Å². The SMILES string of the molecule is Cc1ccc2c(c1)CCC(C(F)(F)F)O2. The number of ether oxygens (including phenoxy) is 1. The van der Waals surface area contributed by atoms with Gasteiger partial charge in [0.15, 0.2) is 6.10 Å². The Morgan fingerprint density at radius 1 is 1.33 bits per heavy atom. The van der Waals surface area contributed by atoms with Crippen LogP contribution in [0, 0.1) is 6.92 Å². The lowest BCUT2D eigenvalue weighted by atomic mass is 10.0. The summed E-state index contributed by atoms with van der Waals surface area (Å²) >= 11 is 0. The van der Waals surface area contributed by atoms with E-state index in [9.17, 15) is 13.2 Å². The largest absolute Gasteiger partial charge is 0.481 e. The molecule has 0 fully saturated rings. The Labute approximate surface area is 85.9 Å². The van der Waals surface area contributed by atoms with Crippen LogP contribution in [0.3, 0.4) is 0 Å². The van der Waals surface area contributed by atoms with E-state index in [0.29, 0.717) is 12.2 Å². The van der Waals surface area contributed by atoms with E-state index in [1.807, 2.05) is 13.0 Å². The van der Waals surface area contributed by atoms with Gasteiger partial charge in [0.05, 0.1) is 0 Å². The topological polar surface area (TPSA) is 9.23 Å². The molecule has 1 aliphatic heterocycles. The summed E-state index contributed by atoms with van der Waals surface area (Å²) in [7, 11) is 0. The standard InChI is InChI=1S/C11H11F3O/c1-7-2-4-9-8(6-7)3-5-10(15-9)11(12,13)14/h2,4,6,10H,3,5H2,1H3. The second kappa shape index (κ2) is 3.43. The van der Waals surface area contributed by atoms with Gasteiger partial charge in [0.1, 0.15) is 5.75 Å². The first-order valence-electron chi connectivity index (χ1n) is 4.80. The van der Waals surface area contributed by atoms with Crippen LogP contribution in [-0.4, -0.2) is 12.3 Å². The molecule has 0 spiro atoms. The fourth-order valence-corrected chi connectivity index (χ4v) is 1.75. The quantitative estimate of drug-likeness (QED) is 0.646. The van der Waals surface area contributed by atoms with Crippen molar-refractivity contribution < 1.29 is 17.9 Å². The number of fused-ring (bicyclic) bond motifs is 1. The Kier molecular flexibility index (Phi) is 2.37. The van der Waals surface area contributed by atoms with Gasteiger partial charge in [-0.15, -0.1) is 0 Å². The Hall–Kier alpha value is -1.19. The highest BCUT2D eigenvalue weighted by atomic mass is 19.4. The molecule has 4 heteroatoms. The number of hydrogen-bond acceptors (Lipinski definition) is 1. The van der Waals surface area contributed by atoms with Crippen LogP contribution in [0.1, 0.15) is 17.5 Å². The molecule has 1 heterocycles. The average molecular weight is 216 g/mol. The predicted octanol–water partition coefficient (Wildman–Crippen LogP) is 3.25. The minimum absolute atomic E-state index is 0.0138. The molecule has 0 bridgehead atoms. The molecule has 1 aromatic rings. The number of rotatable bonds is 0. The van der Waals surface area contributed by atoms with E-state index in [0.717, 1.165) is 11.1 Å². The third kappa shape index (κ3) is 2.08. The third-order valence-corrected chi connectivity index (χ3v) is 2.53. The van der Waals surface area contributed by atoms with Crippen LogP contribution >= 0.6 is 0 Å². The van der Waals surface area contributed by atoms with E-state index in [-0.39, 0.29) is 6.42 Å². The van der Waals surface area contributed by atoms with Crippen LogP contribution < -0.4 is 4.74 Å². The molecule has 0 saturated carbocycles. The Morgan fingerprint density at radius 3 is 2.73 bits per heavy atom. The van der Waals surface area contributed by atoms with Crippen molar-refractivity contribution in [3.05, 3.63) is 29.3 Å². The first-order chi connectivity index (χ1) is 6.97. The Balaban J connectivity index is 2.24. The fourth-order valence-electron chi connectivity index (χ4n) is 1.75. The molecule has 0 aromatic heterocycles. The summed E-state index contributed by atoms with van der Waals surface area (Å²) in [4.78, 5) is 0. The summed E-state index contributed by atoms with van der Waals surface area (Å²) in [5.74, 6) is 0.370. The fraction of sp³-hybridized carbons (Fsp3) is 0.455. The normalized spacial score (nSPS) is 20.7. The average Bonchev–Trinajstić information content (AvgIpc) is 2.15. The van der Waals surface area contributed by atoms with Crippen LogP contribution in [0.15, 0.2) is 18.2 Å². The van der Waals surface area contributed by atoms with Gasteiger partial charge in [0.2, 0.25) is 0 Å². The predicted molar refractivity (Wildman–Crippen MR) is 50.0 cm³/mol. The lowest BCUT2D eigenvalue weighted by Gasteiger charge is -2.27. The van der Waals surface area contributed by atoms with Crippen molar-refractivity contribution >= 4 is 0 Å². The first kappa shape index (κ1) is 10.3. The summed E-state index contributed by atoms with van der Waals surface area (Å²) in [6.07, 6.45) is -5.46. The number of halogens is 3. The van der Waals surface area contributed by atoms with E-state index in [2.05, 4.69) is 0 Å².